The zero-order chi connectivity index (χ0) is 24.4. The highest BCUT2D eigenvalue weighted by atomic mass is 19.4. The Bertz CT molecular complexity index is 1000. The Balaban J connectivity index is 1.71. The minimum atomic E-state index is -4.62. The molecule has 3 rings (SSSR count). The van der Waals surface area contributed by atoms with Gasteiger partial charge in [-0.25, -0.2) is 19.2 Å². The number of ether oxygens (including phenoxy) is 1. The lowest BCUT2D eigenvalue weighted by Crippen LogP contribution is -2.49. The predicted molar refractivity (Wildman–Crippen MR) is 116 cm³/mol. The Morgan fingerprint density at radius 2 is 1.94 bits per heavy atom. The molecule has 33 heavy (non-hydrogen) atoms. The minimum absolute atomic E-state index is 0.00423. The number of alkyl halides is 3. The van der Waals surface area contributed by atoms with E-state index in [0.29, 0.717) is 36.4 Å². The average molecular weight is 468 g/mol. The van der Waals surface area contributed by atoms with E-state index >= 15 is 0 Å². The molecule has 1 aromatic heterocycles. The molecule has 1 atom stereocenters. The second kappa shape index (κ2) is 9.52. The van der Waals surface area contributed by atoms with Crippen molar-refractivity contribution in [2.24, 2.45) is 0 Å². The monoisotopic (exact) mass is 468 g/mol. The van der Waals surface area contributed by atoms with E-state index in [2.05, 4.69) is 15.3 Å². The number of halogens is 4. The number of nitrogens with one attached hydrogen (secondary N) is 1. The summed E-state index contributed by atoms with van der Waals surface area (Å²) in [7, 11) is 0. The largest absolute Gasteiger partial charge is 0.444 e. The molecule has 6 nitrogen and oxygen atoms in total. The second-order valence-electron chi connectivity index (χ2n) is 9.09. The number of piperidine rings is 1. The molecule has 180 valence electrons. The molecule has 0 bridgehead atoms. The SMILES string of the molecule is Cc1nc(NC[C@@H]2CCCCN2C(=O)OC(C)(C)C)ncc1-c1ccc(C(F)(F)F)cc1F. The molecule has 1 aliphatic rings. The average Bonchev–Trinajstić information content (AvgIpc) is 2.71. The summed E-state index contributed by atoms with van der Waals surface area (Å²) >= 11 is 0. The van der Waals surface area contributed by atoms with E-state index in [1.165, 1.54) is 6.20 Å². The highest BCUT2D eigenvalue weighted by Gasteiger charge is 2.32. The van der Waals surface area contributed by atoms with Gasteiger partial charge in [-0.15, -0.1) is 0 Å². The number of benzene rings is 1. The molecule has 1 fully saturated rings. The van der Waals surface area contributed by atoms with Gasteiger partial charge in [-0.05, 0) is 59.1 Å². The van der Waals surface area contributed by atoms with Gasteiger partial charge in [0.25, 0.3) is 0 Å². The fourth-order valence-corrected chi connectivity index (χ4v) is 3.71. The summed E-state index contributed by atoms with van der Waals surface area (Å²) in [6.45, 7) is 8.10. The minimum Gasteiger partial charge on any atom is -0.444 e. The number of aromatic nitrogens is 2. The first-order valence-corrected chi connectivity index (χ1v) is 10.8. The molecule has 1 amide bonds. The first kappa shape index (κ1) is 24.7. The topological polar surface area (TPSA) is 67.4 Å². The number of rotatable bonds is 4. The van der Waals surface area contributed by atoms with Crippen molar-refractivity contribution in [3.05, 3.63) is 41.5 Å². The van der Waals surface area contributed by atoms with Crippen LogP contribution < -0.4 is 5.32 Å². The maximum Gasteiger partial charge on any atom is 0.416 e. The Kier molecular flexibility index (Phi) is 7.14. The van der Waals surface area contributed by atoms with Gasteiger partial charge in [0.05, 0.1) is 17.3 Å². The summed E-state index contributed by atoms with van der Waals surface area (Å²) in [5.41, 5.74) is -0.924. The Labute approximate surface area is 190 Å². The summed E-state index contributed by atoms with van der Waals surface area (Å²) in [5, 5.41) is 3.11. The van der Waals surface area contributed by atoms with Gasteiger partial charge in [0.15, 0.2) is 0 Å². The van der Waals surface area contributed by atoms with Crippen LogP contribution in [-0.2, 0) is 10.9 Å². The van der Waals surface area contributed by atoms with Crippen molar-refractivity contribution in [3.63, 3.8) is 0 Å². The number of carbonyl (C=O) groups excluding carboxylic acids is 1. The number of hydrogen-bond acceptors (Lipinski definition) is 5. The summed E-state index contributed by atoms with van der Waals surface area (Å²) in [5.74, 6) is -0.703. The fraction of sp³-hybridized carbons (Fsp3) is 0.522. The van der Waals surface area contributed by atoms with Crippen LogP contribution in [0.15, 0.2) is 24.4 Å². The smallest absolute Gasteiger partial charge is 0.416 e. The van der Waals surface area contributed by atoms with Crippen molar-refractivity contribution in [2.75, 3.05) is 18.4 Å². The van der Waals surface area contributed by atoms with Gasteiger partial charge >= 0.3 is 12.3 Å². The Morgan fingerprint density at radius 1 is 1.21 bits per heavy atom. The van der Waals surface area contributed by atoms with Crippen LogP contribution in [0.25, 0.3) is 11.1 Å². The number of hydrogen-bond donors (Lipinski definition) is 1. The molecule has 0 spiro atoms. The van der Waals surface area contributed by atoms with Crippen LogP contribution in [0.1, 0.15) is 51.3 Å². The van der Waals surface area contributed by atoms with Crippen LogP contribution in [0.3, 0.4) is 0 Å². The second-order valence-corrected chi connectivity index (χ2v) is 9.09. The van der Waals surface area contributed by atoms with Gasteiger partial charge in [-0.2, -0.15) is 13.2 Å². The molecule has 2 aromatic rings. The number of anilines is 1. The standard InChI is InChI=1S/C23H28F4N4O2/c1-14-18(17-9-8-15(11-19(17)24)23(25,26)27)13-29-20(30-14)28-12-16-7-5-6-10-31(16)21(32)33-22(2,3)4/h8-9,11,13,16H,5-7,10,12H2,1-4H3,(H,28,29,30)/t16-/m0/s1. The van der Waals surface area contributed by atoms with Crippen LogP contribution >= 0.6 is 0 Å². The molecule has 0 saturated carbocycles. The highest BCUT2D eigenvalue weighted by molar-refractivity contribution is 5.69. The summed E-state index contributed by atoms with van der Waals surface area (Å²) in [6, 6.07) is 2.29. The first-order chi connectivity index (χ1) is 15.3. The number of aryl methyl sites for hydroxylation is 1. The van der Waals surface area contributed by atoms with Crippen LogP contribution in [-0.4, -0.2) is 45.7 Å². The van der Waals surface area contributed by atoms with E-state index in [9.17, 15) is 22.4 Å². The van der Waals surface area contributed by atoms with Crippen molar-refractivity contribution in [1.82, 2.24) is 14.9 Å². The molecule has 0 aliphatic carbocycles. The van der Waals surface area contributed by atoms with Gasteiger partial charge in [-0.1, -0.05) is 6.07 Å². The Morgan fingerprint density at radius 3 is 2.55 bits per heavy atom. The number of carbonyl (C=O) groups is 1. The molecular weight excluding hydrogens is 440 g/mol. The van der Waals surface area contributed by atoms with Gasteiger partial charge in [0, 0.05) is 30.4 Å². The maximum atomic E-state index is 14.4. The molecule has 1 aromatic carbocycles. The third-order valence-corrected chi connectivity index (χ3v) is 5.32. The van der Waals surface area contributed by atoms with Crippen molar-refractivity contribution in [3.8, 4) is 11.1 Å². The van der Waals surface area contributed by atoms with Gasteiger partial charge in [0.2, 0.25) is 5.95 Å². The molecular formula is C23H28F4N4O2. The molecule has 1 saturated heterocycles. The third-order valence-electron chi connectivity index (χ3n) is 5.32. The van der Waals surface area contributed by atoms with Crippen LogP contribution in [0.5, 0.6) is 0 Å². The van der Waals surface area contributed by atoms with Crippen LogP contribution in [0, 0.1) is 12.7 Å². The quantitative estimate of drug-likeness (QED) is 0.574. The molecule has 0 radical (unpaired) electrons. The van der Waals surface area contributed by atoms with E-state index in [-0.39, 0.29) is 17.7 Å². The van der Waals surface area contributed by atoms with E-state index in [4.69, 9.17) is 4.74 Å². The Hall–Kier alpha value is -2.91. The summed E-state index contributed by atoms with van der Waals surface area (Å²) < 4.78 is 58.3. The molecule has 10 heteroatoms. The lowest BCUT2D eigenvalue weighted by Gasteiger charge is -2.36. The number of likely N-dealkylation sites (tertiary alicyclic amines) is 1. The van der Waals surface area contributed by atoms with Gasteiger partial charge < -0.3 is 15.0 Å². The predicted octanol–water partition coefficient (Wildman–Crippen LogP) is 5.81. The van der Waals surface area contributed by atoms with Gasteiger partial charge in [0.1, 0.15) is 11.4 Å². The third kappa shape index (κ3) is 6.33. The van der Waals surface area contributed by atoms with Crippen molar-refractivity contribution in [2.45, 2.75) is 64.8 Å². The summed E-state index contributed by atoms with van der Waals surface area (Å²) in [6.07, 6.45) is -0.913. The van der Waals surface area contributed by atoms with Crippen LogP contribution in [0.2, 0.25) is 0 Å². The highest BCUT2D eigenvalue weighted by Crippen LogP contribution is 2.33. The molecule has 2 heterocycles. The van der Waals surface area contributed by atoms with Crippen LogP contribution in [0.4, 0.5) is 28.3 Å². The molecule has 1 aliphatic heterocycles. The maximum absolute atomic E-state index is 14.4. The van der Waals surface area contributed by atoms with Crippen molar-refractivity contribution < 1.29 is 27.1 Å². The van der Waals surface area contributed by atoms with Gasteiger partial charge in [-0.3, -0.25) is 0 Å². The van der Waals surface area contributed by atoms with E-state index in [1.54, 1.807) is 11.8 Å². The molecule has 1 N–H and O–H groups in total. The first-order valence-electron chi connectivity index (χ1n) is 10.8. The van der Waals surface area contributed by atoms with E-state index in [1.807, 2.05) is 20.8 Å². The zero-order valence-electron chi connectivity index (χ0n) is 19.1. The van der Waals surface area contributed by atoms with Crippen molar-refractivity contribution >= 4 is 12.0 Å². The number of nitrogens with zero attached hydrogens (tertiary/aromatic N) is 3. The van der Waals surface area contributed by atoms with E-state index in [0.717, 1.165) is 31.4 Å². The lowest BCUT2D eigenvalue weighted by atomic mass is 10.0. The number of amides is 1. The molecule has 0 unspecified atom stereocenters. The zero-order valence-corrected chi connectivity index (χ0v) is 19.1. The van der Waals surface area contributed by atoms with E-state index < -0.39 is 23.2 Å². The fourth-order valence-electron chi connectivity index (χ4n) is 3.71. The van der Waals surface area contributed by atoms with Crippen molar-refractivity contribution in [1.29, 1.82) is 0 Å². The normalized spacial score (nSPS) is 17.1. The lowest BCUT2D eigenvalue weighted by molar-refractivity contribution is -0.137. The summed E-state index contributed by atoms with van der Waals surface area (Å²) in [4.78, 5) is 22.8.